The minimum atomic E-state index is -0.166. The molecule has 0 aliphatic rings. The Kier molecular flexibility index (Phi) is 4.98. The van der Waals surface area contributed by atoms with Gasteiger partial charge in [0.15, 0.2) is 0 Å². The van der Waals surface area contributed by atoms with Crippen LogP contribution in [0.1, 0.15) is 23.2 Å². The molecule has 1 aromatic rings. The maximum absolute atomic E-state index is 11.5. The van der Waals surface area contributed by atoms with Gasteiger partial charge in [-0.25, -0.2) is 0 Å². The second kappa shape index (κ2) is 6.30. The summed E-state index contributed by atoms with van der Waals surface area (Å²) < 4.78 is 0. The molecule has 82 valence electrons. The molecule has 0 aliphatic heterocycles. The van der Waals surface area contributed by atoms with Gasteiger partial charge >= 0.3 is 0 Å². The highest BCUT2D eigenvalue weighted by Gasteiger charge is 2.04. The number of carbonyl (C=O) groups is 1. The molecule has 0 aromatic heterocycles. The fourth-order valence-electron chi connectivity index (χ4n) is 1.17. The number of halogens is 1. The van der Waals surface area contributed by atoms with Crippen LogP contribution in [0, 0.1) is 0 Å². The highest BCUT2D eigenvalue weighted by molar-refractivity contribution is 6.17. The number of nitrogens with one attached hydrogen (secondary N) is 1. The molecule has 0 spiro atoms. The minimum Gasteiger partial charge on any atom is -0.508 e. The lowest BCUT2D eigenvalue weighted by Crippen LogP contribution is -2.24. The van der Waals surface area contributed by atoms with Gasteiger partial charge in [-0.3, -0.25) is 4.79 Å². The van der Waals surface area contributed by atoms with Gasteiger partial charge in [-0.15, -0.1) is 11.6 Å². The van der Waals surface area contributed by atoms with E-state index in [1.165, 1.54) is 12.1 Å². The van der Waals surface area contributed by atoms with Crippen molar-refractivity contribution in [3.05, 3.63) is 29.8 Å². The summed E-state index contributed by atoms with van der Waals surface area (Å²) in [6.07, 6.45) is 1.76. The molecule has 0 atom stereocenters. The first-order valence-corrected chi connectivity index (χ1v) is 5.40. The van der Waals surface area contributed by atoms with Crippen molar-refractivity contribution in [2.75, 3.05) is 12.4 Å². The predicted octanol–water partition coefficient (Wildman–Crippen LogP) is 2.14. The predicted molar refractivity (Wildman–Crippen MR) is 60.4 cm³/mol. The molecule has 0 saturated heterocycles. The molecule has 2 N–H and O–H groups in total. The molecule has 0 saturated carbocycles. The number of benzene rings is 1. The van der Waals surface area contributed by atoms with E-state index in [2.05, 4.69) is 5.32 Å². The average molecular weight is 228 g/mol. The van der Waals surface area contributed by atoms with Crippen LogP contribution in [0.15, 0.2) is 24.3 Å². The third-order valence-corrected chi connectivity index (χ3v) is 2.22. The molecular weight excluding hydrogens is 214 g/mol. The average Bonchev–Trinajstić information content (AvgIpc) is 2.24. The van der Waals surface area contributed by atoms with Crippen LogP contribution in [0.3, 0.4) is 0 Å². The van der Waals surface area contributed by atoms with Crippen LogP contribution in [0.5, 0.6) is 5.75 Å². The highest BCUT2D eigenvalue weighted by atomic mass is 35.5. The van der Waals surface area contributed by atoms with Gasteiger partial charge in [-0.1, -0.05) is 6.07 Å². The Bertz CT molecular complexity index is 328. The van der Waals surface area contributed by atoms with Crippen molar-refractivity contribution in [3.8, 4) is 5.75 Å². The summed E-state index contributed by atoms with van der Waals surface area (Å²) in [5.74, 6) is 0.547. The maximum atomic E-state index is 11.5. The smallest absolute Gasteiger partial charge is 0.251 e. The zero-order valence-electron chi connectivity index (χ0n) is 8.37. The van der Waals surface area contributed by atoms with Crippen molar-refractivity contribution < 1.29 is 9.90 Å². The Morgan fingerprint density at radius 1 is 1.40 bits per heavy atom. The quantitative estimate of drug-likeness (QED) is 0.598. The normalized spacial score (nSPS) is 9.93. The summed E-state index contributed by atoms with van der Waals surface area (Å²) in [5.41, 5.74) is 0.473. The molecule has 0 radical (unpaired) electrons. The fourth-order valence-corrected chi connectivity index (χ4v) is 1.36. The first-order chi connectivity index (χ1) is 7.24. The molecule has 0 fully saturated rings. The summed E-state index contributed by atoms with van der Waals surface area (Å²) in [5, 5.41) is 11.9. The van der Waals surface area contributed by atoms with E-state index in [-0.39, 0.29) is 11.7 Å². The zero-order valence-corrected chi connectivity index (χ0v) is 9.13. The van der Waals surface area contributed by atoms with Gasteiger partial charge in [0.25, 0.3) is 5.91 Å². The monoisotopic (exact) mass is 227 g/mol. The number of hydrogen-bond acceptors (Lipinski definition) is 2. The van der Waals surface area contributed by atoms with Crippen molar-refractivity contribution >= 4 is 17.5 Å². The number of aromatic hydroxyl groups is 1. The van der Waals surface area contributed by atoms with E-state index in [1.807, 2.05) is 0 Å². The van der Waals surface area contributed by atoms with Gasteiger partial charge in [0.2, 0.25) is 0 Å². The molecule has 4 heteroatoms. The zero-order chi connectivity index (χ0) is 11.1. The summed E-state index contributed by atoms with van der Waals surface area (Å²) >= 11 is 5.51. The molecular formula is C11H14ClNO2. The standard InChI is InChI=1S/C11H14ClNO2/c12-6-1-2-7-13-11(15)9-4-3-5-10(14)8-9/h3-5,8,14H,1-2,6-7H2,(H,13,15). The van der Waals surface area contributed by atoms with Crippen molar-refractivity contribution in [1.82, 2.24) is 5.32 Å². The number of unbranched alkanes of at least 4 members (excludes halogenated alkanes) is 1. The molecule has 0 heterocycles. The molecule has 0 aliphatic carbocycles. The first kappa shape index (κ1) is 11.9. The van der Waals surface area contributed by atoms with Gasteiger partial charge in [0.05, 0.1) is 0 Å². The molecule has 0 bridgehead atoms. The summed E-state index contributed by atoms with van der Waals surface area (Å²) in [4.78, 5) is 11.5. The van der Waals surface area contributed by atoms with Crippen molar-refractivity contribution in [2.24, 2.45) is 0 Å². The molecule has 3 nitrogen and oxygen atoms in total. The summed E-state index contributed by atoms with van der Waals surface area (Å²) in [6.45, 7) is 0.612. The fraction of sp³-hybridized carbons (Fsp3) is 0.364. The number of phenols is 1. The molecule has 1 amide bonds. The minimum absolute atomic E-state index is 0.100. The molecule has 1 rings (SSSR count). The van der Waals surface area contributed by atoms with E-state index in [0.717, 1.165) is 12.8 Å². The number of rotatable bonds is 5. The van der Waals surface area contributed by atoms with Crippen LogP contribution < -0.4 is 5.32 Å². The molecule has 1 aromatic carbocycles. The first-order valence-electron chi connectivity index (χ1n) is 4.87. The Labute approximate surface area is 94.1 Å². The van der Waals surface area contributed by atoms with Crippen LogP contribution in [0.25, 0.3) is 0 Å². The lowest BCUT2D eigenvalue weighted by atomic mass is 10.2. The Hall–Kier alpha value is -1.22. The van der Waals surface area contributed by atoms with Crippen LogP contribution in [0.4, 0.5) is 0 Å². The SMILES string of the molecule is O=C(NCCCCCl)c1cccc(O)c1. The summed E-state index contributed by atoms with van der Waals surface area (Å²) in [6, 6.07) is 6.28. The third kappa shape index (κ3) is 4.21. The van der Waals surface area contributed by atoms with Gasteiger partial charge in [0, 0.05) is 18.0 Å². The van der Waals surface area contributed by atoms with Gasteiger partial charge in [-0.05, 0) is 31.0 Å². The number of alkyl halides is 1. The second-order valence-corrected chi connectivity index (χ2v) is 3.58. The van der Waals surface area contributed by atoms with Gasteiger partial charge in [0.1, 0.15) is 5.75 Å². The van der Waals surface area contributed by atoms with Crippen molar-refractivity contribution in [1.29, 1.82) is 0 Å². The van der Waals surface area contributed by atoms with E-state index in [9.17, 15) is 9.90 Å². The van der Waals surface area contributed by atoms with Gasteiger partial charge in [-0.2, -0.15) is 0 Å². The van der Waals surface area contributed by atoms with E-state index < -0.39 is 0 Å². The van der Waals surface area contributed by atoms with Crippen molar-refractivity contribution in [2.45, 2.75) is 12.8 Å². The van der Waals surface area contributed by atoms with Crippen LogP contribution in [-0.2, 0) is 0 Å². The van der Waals surface area contributed by atoms with Gasteiger partial charge < -0.3 is 10.4 Å². The molecule has 0 unspecified atom stereocenters. The number of phenolic OH excluding ortho intramolecular Hbond substituents is 1. The van der Waals surface area contributed by atoms with Crippen LogP contribution in [-0.4, -0.2) is 23.4 Å². The summed E-state index contributed by atoms with van der Waals surface area (Å²) in [7, 11) is 0. The Balaban J connectivity index is 2.40. The number of carbonyl (C=O) groups excluding carboxylic acids is 1. The largest absolute Gasteiger partial charge is 0.508 e. The topological polar surface area (TPSA) is 49.3 Å². The van der Waals surface area contributed by atoms with Crippen molar-refractivity contribution in [3.63, 3.8) is 0 Å². The Morgan fingerprint density at radius 2 is 2.20 bits per heavy atom. The van der Waals surface area contributed by atoms with E-state index in [4.69, 9.17) is 11.6 Å². The van der Waals surface area contributed by atoms with E-state index >= 15 is 0 Å². The number of amides is 1. The lowest BCUT2D eigenvalue weighted by Gasteiger charge is -2.04. The number of hydrogen-bond donors (Lipinski definition) is 2. The van der Waals surface area contributed by atoms with E-state index in [1.54, 1.807) is 12.1 Å². The Morgan fingerprint density at radius 3 is 2.87 bits per heavy atom. The van der Waals surface area contributed by atoms with E-state index in [0.29, 0.717) is 18.0 Å². The van der Waals surface area contributed by atoms with Crippen LogP contribution in [0.2, 0.25) is 0 Å². The third-order valence-electron chi connectivity index (χ3n) is 1.95. The molecule has 15 heavy (non-hydrogen) atoms. The highest BCUT2D eigenvalue weighted by Crippen LogP contribution is 2.10. The van der Waals surface area contributed by atoms with Crippen LogP contribution >= 0.6 is 11.6 Å². The lowest BCUT2D eigenvalue weighted by molar-refractivity contribution is 0.0953. The second-order valence-electron chi connectivity index (χ2n) is 3.20. The maximum Gasteiger partial charge on any atom is 0.251 e.